The van der Waals surface area contributed by atoms with Crippen LogP contribution in [0.5, 0.6) is 11.5 Å². The molecule has 10 heteroatoms. The Morgan fingerprint density at radius 1 is 1.18 bits per heavy atom. The van der Waals surface area contributed by atoms with Crippen LogP contribution in [0.3, 0.4) is 0 Å². The van der Waals surface area contributed by atoms with Gasteiger partial charge in [0.2, 0.25) is 5.91 Å². The minimum Gasteiger partial charge on any atom is -0.480 e. The van der Waals surface area contributed by atoms with E-state index in [1.807, 2.05) is 5.38 Å². The molecule has 1 aliphatic rings. The van der Waals surface area contributed by atoms with E-state index in [1.54, 1.807) is 18.3 Å². The van der Waals surface area contributed by atoms with Gasteiger partial charge in [-0.25, -0.2) is 14.2 Å². The molecule has 4 rings (SSSR count). The SMILES string of the molecule is C[C@@]1(C(=O)O)C[C@H](c2nccs2)CN1C(=O)CNC(=O)c1ccc(Oc2ccc(F)cc2)cc1. The summed E-state index contributed by atoms with van der Waals surface area (Å²) in [6.07, 6.45) is 1.91. The number of carboxylic acids is 1. The summed E-state index contributed by atoms with van der Waals surface area (Å²) in [5.41, 5.74) is -1.07. The van der Waals surface area contributed by atoms with Gasteiger partial charge in [-0.1, -0.05) is 0 Å². The van der Waals surface area contributed by atoms with Gasteiger partial charge in [-0.2, -0.15) is 0 Å². The maximum atomic E-state index is 13.0. The van der Waals surface area contributed by atoms with Gasteiger partial charge in [-0.15, -0.1) is 11.3 Å². The lowest BCUT2D eigenvalue weighted by atomic mass is 9.94. The molecule has 2 amide bonds. The van der Waals surface area contributed by atoms with E-state index in [1.165, 1.54) is 59.6 Å². The van der Waals surface area contributed by atoms with Gasteiger partial charge in [0.1, 0.15) is 22.9 Å². The Labute approximate surface area is 199 Å². The average molecular weight is 484 g/mol. The molecule has 2 heterocycles. The molecule has 1 aliphatic heterocycles. The largest absolute Gasteiger partial charge is 0.480 e. The van der Waals surface area contributed by atoms with Crippen LogP contribution in [0.25, 0.3) is 0 Å². The number of aliphatic carboxylic acids is 1. The van der Waals surface area contributed by atoms with Gasteiger partial charge in [0, 0.05) is 29.6 Å². The average Bonchev–Trinajstić information content (AvgIpc) is 3.48. The number of nitrogens with one attached hydrogen (secondary N) is 1. The number of likely N-dealkylation sites (tertiary alicyclic amines) is 1. The number of benzene rings is 2. The molecule has 0 saturated carbocycles. The predicted octanol–water partition coefficient (Wildman–Crippen LogP) is 3.66. The molecule has 1 aromatic heterocycles. The Bertz CT molecular complexity index is 1180. The van der Waals surface area contributed by atoms with Gasteiger partial charge < -0.3 is 20.1 Å². The molecular formula is C24H22FN3O5S. The Balaban J connectivity index is 1.36. The van der Waals surface area contributed by atoms with E-state index in [-0.39, 0.29) is 31.2 Å². The zero-order valence-electron chi connectivity index (χ0n) is 18.2. The molecule has 0 unspecified atom stereocenters. The Hall–Kier alpha value is -3.79. The summed E-state index contributed by atoms with van der Waals surface area (Å²) in [5, 5.41) is 14.9. The molecule has 1 saturated heterocycles. The maximum absolute atomic E-state index is 13.0. The van der Waals surface area contributed by atoms with Crippen LogP contribution in [0.2, 0.25) is 0 Å². The van der Waals surface area contributed by atoms with Crippen LogP contribution in [-0.4, -0.2) is 51.4 Å². The smallest absolute Gasteiger partial charge is 0.329 e. The van der Waals surface area contributed by atoms with E-state index in [0.29, 0.717) is 17.1 Å². The summed E-state index contributed by atoms with van der Waals surface area (Å²) in [5.74, 6) is -1.68. The second-order valence-corrected chi connectivity index (χ2v) is 9.04. The molecule has 3 aromatic rings. The van der Waals surface area contributed by atoms with Gasteiger partial charge in [0.05, 0.1) is 11.6 Å². The summed E-state index contributed by atoms with van der Waals surface area (Å²) in [6, 6.07) is 11.8. The first-order chi connectivity index (χ1) is 16.3. The summed E-state index contributed by atoms with van der Waals surface area (Å²) in [4.78, 5) is 42.9. The predicted molar refractivity (Wildman–Crippen MR) is 122 cm³/mol. The number of hydrogen-bond acceptors (Lipinski definition) is 6. The van der Waals surface area contributed by atoms with Crippen LogP contribution in [0.4, 0.5) is 4.39 Å². The highest BCUT2D eigenvalue weighted by Gasteiger charge is 2.50. The van der Waals surface area contributed by atoms with Crippen LogP contribution in [-0.2, 0) is 9.59 Å². The Morgan fingerprint density at radius 3 is 2.41 bits per heavy atom. The number of carbonyl (C=O) groups excluding carboxylic acids is 2. The summed E-state index contributed by atoms with van der Waals surface area (Å²) in [7, 11) is 0. The van der Waals surface area contributed by atoms with Crippen molar-refractivity contribution in [2.75, 3.05) is 13.1 Å². The maximum Gasteiger partial charge on any atom is 0.329 e. The second kappa shape index (κ2) is 9.60. The van der Waals surface area contributed by atoms with Crippen molar-refractivity contribution in [1.29, 1.82) is 0 Å². The van der Waals surface area contributed by atoms with Crippen LogP contribution in [0, 0.1) is 5.82 Å². The number of carboxylic acid groups (broad SMARTS) is 1. The van der Waals surface area contributed by atoms with Crippen LogP contribution < -0.4 is 10.1 Å². The van der Waals surface area contributed by atoms with Crippen LogP contribution >= 0.6 is 11.3 Å². The van der Waals surface area contributed by atoms with Crippen molar-refractivity contribution in [3.8, 4) is 11.5 Å². The molecular weight excluding hydrogens is 461 g/mol. The van der Waals surface area contributed by atoms with E-state index in [2.05, 4.69) is 10.3 Å². The van der Waals surface area contributed by atoms with Crippen molar-refractivity contribution >= 4 is 29.1 Å². The minimum atomic E-state index is -1.38. The lowest BCUT2D eigenvalue weighted by Gasteiger charge is -2.31. The van der Waals surface area contributed by atoms with Crippen molar-refractivity contribution in [2.24, 2.45) is 0 Å². The number of ether oxygens (including phenoxy) is 1. The molecule has 2 atom stereocenters. The van der Waals surface area contributed by atoms with Gasteiger partial charge in [0.15, 0.2) is 0 Å². The summed E-state index contributed by atoms with van der Waals surface area (Å²) >= 11 is 1.43. The molecule has 2 N–H and O–H groups in total. The zero-order valence-corrected chi connectivity index (χ0v) is 19.0. The van der Waals surface area contributed by atoms with Crippen LogP contribution in [0.1, 0.15) is 34.6 Å². The third kappa shape index (κ3) is 4.91. The number of halogens is 1. The number of amides is 2. The molecule has 0 radical (unpaired) electrons. The highest BCUT2D eigenvalue weighted by molar-refractivity contribution is 7.09. The number of rotatable bonds is 7. The second-order valence-electron chi connectivity index (χ2n) is 8.12. The van der Waals surface area contributed by atoms with Crippen molar-refractivity contribution in [3.05, 3.63) is 76.5 Å². The Kier molecular flexibility index (Phi) is 6.60. The fourth-order valence-electron chi connectivity index (χ4n) is 3.92. The number of aromatic nitrogens is 1. The lowest BCUT2D eigenvalue weighted by molar-refractivity contribution is -0.154. The van der Waals surface area contributed by atoms with Crippen molar-refractivity contribution < 1.29 is 28.6 Å². The highest BCUT2D eigenvalue weighted by atomic mass is 32.1. The van der Waals surface area contributed by atoms with E-state index in [9.17, 15) is 23.9 Å². The van der Waals surface area contributed by atoms with Crippen LogP contribution in [0.15, 0.2) is 60.1 Å². The zero-order chi connectivity index (χ0) is 24.3. The minimum absolute atomic E-state index is 0.172. The first kappa shape index (κ1) is 23.4. The van der Waals surface area contributed by atoms with Gasteiger partial charge in [-0.3, -0.25) is 9.59 Å². The van der Waals surface area contributed by atoms with Crippen molar-refractivity contribution in [1.82, 2.24) is 15.2 Å². The van der Waals surface area contributed by atoms with Gasteiger partial charge in [0.25, 0.3) is 5.91 Å². The molecule has 176 valence electrons. The normalized spacial score (nSPS) is 19.6. The fraction of sp³-hybridized carbons (Fsp3) is 0.250. The molecule has 0 bridgehead atoms. The van der Waals surface area contributed by atoms with Crippen molar-refractivity contribution in [2.45, 2.75) is 24.8 Å². The third-order valence-corrected chi connectivity index (χ3v) is 6.71. The number of carbonyl (C=O) groups is 3. The number of nitrogens with zero attached hydrogens (tertiary/aromatic N) is 2. The van der Waals surface area contributed by atoms with Crippen molar-refractivity contribution in [3.63, 3.8) is 0 Å². The lowest BCUT2D eigenvalue weighted by Crippen LogP contribution is -2.53. The summed E-state index contributed by atoms with van der Waals surface area (Å²) in [6.45, 7) is 1.41. The number of thiazole rings is 1. The molecule has 1 fully saturated rings. The van der Waals surface area contributed by atoms with E-state index < -0.39 is 23.3 Å². The summed E-state index contributed by atoms with van der Waals surface area (Å²) < 4.78 is 18.6. The third-order valence-electron chi connectivity index (χ3n) is 5.77. The first-order valence-corrected chi connectivity index (χ1v) is 11.4. The highest BCUT2D eigenvalue weighted by Crippen LogP contribution is 2.39. The fourth-order valence-corrected chi connectivity index (χ4v) is 4.66. The topological polar surface area (TPSA) is 109 Å². The molecule has 0 aliphatic carbocycles. The molecule has 2 aromatic carbocycles. The first-order valence-electron chi connectivity index (χ1n) is 10.5. The Morgan fingerprint density at radius 2 is 1.82 bits per heavy atom. The number of hydrogen-bond donors (Lipinski definition) is 2. The molecule has 34 heavy (non-hydrogen) atoms. The van der Waals surface area contributed by atoms with Gasteiger partial charge >= 0.3 is 5.97 Å². The van der Waals surface area contributed by atoms with E-state index in [4.69, 9.17) is 4.74 Å². The molecule has 0 spiro atoms. The standard InChI is InChI=1S/C24H22FN3O5S/c1-24(23(31)32)12-16(22-26-10-11-34-22)14-28(24)20(29)13-27-21(30)15-2-6-18(7-3-15)33-19-8-4-17(25)5-9-19/h2-11,16H,12-14H2,1H3,(H,27,30)(H,31,32)/t16-,24-/m0/s1. The monoisotopic (exact) mass is 483 g/mol. The van der Waals surface area contributed by atoms with E-state index >= 15 is 0 Å². The van der Waals surface area contributed by atoms with E-state index in [0.717, 1.165) is 5.01 Å². The van der Waals surface area contributed by atoms with Gasteiger partial charge in [-0.05, 0) is 61.9 Å². The quantitative estimate of drug-likeness (QED) is 0.531. The molecule has 8 nitrogen and oxygen atoms in total.